The van der Waals surface area contributed by atoms with Crippen molar-refractivity contribution in [2.75, 3.05) is 5.32 Å². The molecule has 23 heavy (non-hydrogen) atoms. The van der Waals surface area contributed by atoms with Gasteiger partial charge in [0.25, 0.3) is 0 Å². The number of carbonyl (C=O) groups excluding carboxylic acids is 1. The first kappa shape index (κ1) is 15.5. The quantitative estimate of drug-likeness (QED) is 0.769. The molecule has 0 aromatic heterocycles. The largest absolute Gasteiger partial charge is 0.325 e. The Kier molecular flexibility index (Phi) is 3.53. The van der Waals surface area contributed by atoms with E-state index in [1.54, 1.807) is 0 Å². The number of amides is 1. The number of alkyl halides is 1. The van der Waals surface area contributed by atoms with Gasteiger partial charge >= 0.3 is 0 Å². The summed E-state index contributed by atoms with van der Waals surface area (Å²) in [7, 11) is 0. The van der Waals surface area contributed by atoms with Crippen LogP contribution in [0.5, 0.6) is 0 Å². The highest BCUT2D eigenvalue weighted by atomic mass is 35.5. The van der Waals surface area contributed by atoms with E-state index in [2.05, 4.69) is 37.4 Å². The van der Waals surface area contributed by atoms with E-state index in [-0.39, 0.29) is 16.2 Å². The summed E-state index contributed by atoms with van der Waals surface area (Å²) in [4.78, 5) is 13.1. The second kappa shape index (κ2) is 5.24. The topological polar surface area (TPSA) is 29.1 Å². The first-order valence-corrected chi connectivity index (χ1v) is 9.40. The lowest BCUT2D eigenvalue weighted by Crippen LogP contribution is -2.57. The van der Waals surface area contributed by atoms with Crippen molar-refractivity contribution in [2.45, 2.75) is 63.7 Å². The summed E-state index contributed by atoms with van der Waals surface area (Å²) >= 11 is 6.88. The third-order valence-electron chi connectivity index (χ3n) is 6.45. The van der Waals surface area contributed by atoms with Crippen LogP contribution < -0.4 is 5.32 Å². The molecule has 2 atom stereocenters. The molecule has 2 nitrogen and oxygen atoms in total. The minimum Gasteiger partial charge on any atom is -0.325 e. The summed E-state index contributed by atoms with van der Waals surface area (Å²) < 4.78 is 0. The Labute approximate surface area is 144 Å². The monoisotopic (exact) mass is 331 g/mol. The van der Waals surface area contributed by atoms with E-state index in [4.69, 9.17) is 11.6 Å². The van der Waals surface area contributed by atoms with Crippen molar-refractivity contribution in [1.82, 2.24) is 0 Å². The van der Waals surface area contributed by atoms with Crippen LogP contribution in [0.15, 0.2) is 18.2 Å². The van der Waals surface area contributed by atoms with Crippen LogP contribution in [0, 0.1) is 24.2 Å². The van der Waals surface area contributed by atoms with Crippen LogP contribution in [-0.4, -0.2) is 10.8 Å². The van der Waals surface area contributed by atoms with Gasteiger partial charge < -0.3 is 5.32 Å². The summed E-state index contributed by atoms with van der Waals surface area (Å²) in [6.07, 6.45) is 7.40. The third kappa shape index (κ3) is 2.50. The van der Waals surface area contributed by atoms with Crippen LogP contribution in [0.1, 0.15) is 56.6 Å². The number of aryl methyl sites for hydroxylation is 2. The number of hydrogen-bond donors (Lipinski definition) is 1. The van der Waals surface area contributed by atoms with Crippen LogP contribution in [0.4, 0.5) is 5.69 Å². The number of nitrogens with one attached hydrogen (secondary N) is 1. The molecule has 4 bridgehead atoms. The molecule has 1 aromatic carbocycles. The van der Waals surface area contributed by atoms with E-state index in [0.29, 0.717) is 11.8 Å². The van der Waals surface area contributed by atoms with Crippen molar-refractivity contribution < 1.29 is 4.79 Å². The highest BCUT2D eigenvalue weighted by Crippen LogP contribution is 2.64. The summed E-state index contributed by atoms with van der Waals surface area (Å²) in [6, 6.07) is 6.27. The van der Waals surface area contributed by atoms with Crippen LogP contribution in [0.25, 0.3) is 0 Å². The molecule has 0 aliphatic heterocycles. The van der Waals surface area contributed by atoms with E-state index in [1.165, 1.54) is 12.0 Å². The van der Waals surface area contributed by atoms with Crippen molar-refractivity contribution >= 4 is 23.2 Å². The molecule has 5 rings (SSSR count). The number of hydrogen-bond acceptors (Lipinski definition) is 1. The number of benzene rings is 1. The lowest BCUT2D eigenvalue weighted by atomic mass is 9.49. The van der Waals surface area contributed by atoms with Crippen LogP contribution in [0.2, 0.25) is 0 Å². The van der Waals surface area contributed by atoms with Gasteiger partial charge in [0.1, 0.15) is 0 Å². The molecule has 124 valence electrons. The van der Waals surface area contributed by atoms with Crippen molar-refractivity contribution in [1.29, 1.82) is 0 Å². The van der Waals surface area contributed by atoms with Gasteiger partial charge in [-0.1, -0.05) is 25.1 Å². The smallest absolute Gasteiger partial charge is 0.230 e. The number of rotatable bonds is 3. The fraction of sp³-hybridized carbons (Fsp3) is 0.650. The first-order chi connectivity index (χ1) is 10.9. The Bertz CT molecular complexity index is 639. The van der Waals surface area contributed by atoms with Gasteiger partial charge in [0.2, 0.25) is 5.91 Å². The molecule has 1 N–H and O–H groups in total. The van der Waals surface area contributed by atoms with Gasteiger partial charge in [0.15, 0.2) is 0 Å². The molecule has 0 unspecified atom stereocenters. The predicted molar refractivity (Wildman–Crippen MR) is 94.9 cm³/mol. The lowest BCUT2D eigenvalue weighted by molar-refractivity contribution is -0.138. The number of anilines is 1. The fourth-order valence-electron chi connectivity index (χ4n) is 5.86. The molecule has 1 aromatic rings. The van der Waals surface area contributed by atoms with Gasteiger partial charge in [-0.15, -0.1) is 11.6 Å². The number of para-hydroxylation sites is 1. The summed E-state index contributed by atoms with van der Waals surface area (Å²) in [5, 5.41) is 3.31. The van der Waals surface area contributed by atoms with Gasteiger partial charge in [0, 0.05) is 10.6 Å². The molecule has 0 heterocycles. The average molecular weight is 332 g/mol. The fourth-order valence-corrected chi connectivity index (χ4v) is 6.56. The van der Waals surface area contributed by atoms with E-state index < -0.39 is 0 Å². The summed E-state index contributed by atoms with van der Waals surface area (Å²) in [6.45, 7) is 4.22. The molecule has 4 saturated carbocycles. The van der Waals surface area contributed by atoms with E-state index in [9.17, 15) is 4.79 Å². The Hall–Kier alpha value is -1.02. The molecule has 0 saturated heterocycles. The van der Waals surface area contributed by atoms with Crippen molar-refractivity contribution in [3.63, 3.8) is 0 Å². The zero-order valence-corrected chi connectivity index (χ0v) is 14.9. The zero-order chi connectivity index (χ0) is 16.2. The van der Waals surface area contributed by atoms with Crippen molar-refractivity contribution in [3.8, 4) is 0 Å². The van der Waals surface area contributed by atoms with Gasteiger partial charge in [-0.2, -0.15) is 0 Å². The highest BCUT2D eigenvalue weighted by Gasteiger charge is 2.60. The molecule has 4 aliphatic carbocycles. The molecule has 0 radical (unpaired) electrons. The Morgan fingerprint density at radius 3 is 2.57 bits per heavy atom. The number of halogens is 1. The van der Waals surface area contributed by atoms with Gasteiger partial charge in [-0.25, -0.2) is 0 Å². The maximum absolute atomic E-state index is 13.3. The number of carbonyl (C=O) groups is 1. The summed E-state index contributed by atoms with van der Waals surface area (Å²) in [5.74, 6) is 1.53. The van der Waals surface area contributed by atoms with Crippen LogP contribution >= 0.6 is 11.6 Å². The van der Waals surface area contributed by atoms with Crippen LogP contribution in [-0.2, 0) is 11.2 Å². The Balaban J connectivity index is 1.63. The standard InChI is InChI=1S/C20H26ClNO/c1-3-16-6-4-5-13(2)17(16)22-18(23)19-8-14-7-15(9-19)11-20(21,10-14)12-19/h4-6,14-15H,3,7-12H2,1-2H3,(H,22,23)/t14-,15-,19?,20?/m1/s1. The second-order valence-corrected chi connectivity index (χ2v) is 9.11. The maximum atomic E-state index is 13.3. The molecule has 4 fully saturated rings. The van der Waals surface area contributed by atoms with Crippen molar-refractivity contribution in [3.05, 3.63) is 29.3 Å². The van der Waals surface area contributed by atoms with E-state index >= 15 is 0 Å². The zero-order valence-electron chi connectivity index (χ0n) is 14.1. The van der Waals surface area contributed by atoms with Gasteiger partial charge in [0.05, 0.1) is 5.41 Å². The molecule has 4 aliphatic rings. The highest BCUT2D eigenvalue weighted by molar-refractivity contribution is 6.24. The van der Waals surface area contributed by atoms with Crippen LogP contribution in [0.3, 0.4) is 0 Å². The first-order valence-electron chi connectivity index (χ1n) is 9.02. The van der Waals surface area contributed by atoms with Crippen molar-refractivity contribution in [2.24, 2.45) is 17.3 Å². The molecule has 1 amide bonds. The average Bonchev–Trinajstić information content (AvgIpc) is 2.46. The van der Waals surface area contributed by atoms with Gasteiger partial charge in [-0.3, -0.25) is 4.79 Å². The molecular formula is C20H26ClNO. The van der Waals surface area contributed by atoms with Gasteiger partial charge in [-0.05, 0) is 74.8 Å². The molecule has 0 spiro atoms. The second-order valence-electron chi connectivity index (χ2n) is 8.31. The minimum absolute atomic E-state index is 0.110. The third-order valence-corrected chi connectivity index (χ3v) is 6.89. The summed E-state index contributed by atoms with van der Waals surface area (Å²) in [5.41, 5.74) is 3.19. The Morgan fingerprint density at radius 2 is 1.96 bits per heavy atom. The van der Waals surface area contributed by atoms with E-state index in [1.807, 2.05) is 0 Å². The Morgan fingerprint density at radius 1 is 1.26 bits per heavy atom. The maximum Gasteiger partial charge on any atom is 0.230 e. The van der Waals surface area contributed by atoms with E-state index in [0.717, 1.165) is 49.8 Å². The normalized spacial score (nSPS) is 37.9. The molecule has 3 heteroatoms. The SMILES string of the molecule is CCc1cccc(C)c1NC(=O)C12C[C@H]3C[C@@H](CC(Cl)(C3)C1)C2. The predicted octanol–water partition coefficient (Wildman–Crippen LogP) is 5.07. The minimum atomic E-state index is -0.223. The lowest BCUT2D eigenvalue weighted by Gasteiger charge is -2.59. The molecular weight excluding hydrogens is 306 g/mol.